The van der Waals surface area contributed by atoms with Gasteiger partial charge in [-0.2, -0.15) is 0 Å². The molecule has 1 aliphatic carbocycles. The highest BCUT2D eigenvalue weighted by molar-refractivity contribution is 14.1. The van der Waals surface area contributed by atoms with Crippen LogP contribution in [0.4, 0.5) is 0 Å². The van der Waals surface area contributed by atoms with Gasteiger partial charge in [-0.3, -0.25) is 0 Å². The van der Waals surface area contributed by atoms with Crippen LogP contribution in [0.1, 0.15) is 62.1 Å². The molecule has 2 unspecified atom stereocenters. The summed E-state index contributed by atoms with van der Waals surface area (Å²) in [6, 6.07) is 31.7. The van der Waals surface area contributed by atoms with Gasteiger partial charge in [-0.05, 0) is 83.0 Å². The monoisotopic (exact) mass is 526 g/mol. The van der Waals surface area contributed by atoms with E-state index in [-0.39, 0.29) is 10.6 Å². The fraction of sp³-hybridized carbons (Fsp3) is 0.357. The molecule has 0 aliphatic heterocycles. The first-order valence-corrected chi connectivity index (χ1v) is 12.9. The predicted octanol–water partition coefficient (Wildman–Crippen LogP) is 8.34. The van der Waals surface area contributed by atoms with Gasteiger partial charge in [-0.15, -0.1) is 9.24 Å². The standard InChI is InChI=1S/C28H32IP/c1-2-9-22-18-20-27(21-19-22,23-10-5-3-6-11-23)28(30,24-12-7-4-8-13-24)25-14-16-26(29)17-15-25/h3-8,10-17,22H,2,9,18-21,30H2,1H3. The van der Waals surface area contributed by atoms with Crippen LogP contribution in [0, 0.1) is 9.49 Å². The van der Waals surface area contributed by atoms with Gasteiger partial charge in [-0.25, -0.2) is 0 Å². The average molecular weight is 526 g/mol. The number of benzene rings is 3. The van der Waals surface area contributed by atoms with Gasteiger partial charge in [0.1, 0.15) is 0 Å². The van der Waals surface area contributed by atoms with Crippen LogP contribution in [-0.4, -0.2) is 0 Å². The van der Waals surface area contributed by atoms with E-state index in [1.54, 1.807) is 0 Å². The van der Waals surface area contributed by atoms with Crippen molar-refractivity contribution in [2.24, 2.45) is 5.92 Å². The van der Waals surface area contributed by atoms with E-state index in [2.05, 4.69) is 124 Å². The molecule has 2 heteroatoms. The van der Waals surface area contributed by atoms with Gasteiger partial charge < -0.3 is 0 Å². The van der Waals surface area contributed by atoms with E-state index >= 15 is 0 Å². The largest absolute Gasteiger partial charge is 0.121 e. The SMILES string of the molecule is CCCC1CCC(c2ccccc2)(C(P)(c2ccccc2)c2ccc(I)cc2)CC1. The maximum absolute atomic E-state index is 3.37. The van der Waals surface area contributed by atoms with Gasteiger partial charge in [-0.1, -0.05) is 92.6 Å². The van der Waals surface area contributed by atoms with E-state index in [1.165, 1.54) is 58.8 Å². The van der Waals surface area contributed by atoms with Crippen LogP contribution in [0.5, 0.6) is 0 Å². The normalized spacial score (nSPS) is 23.6. The van der Waals surface area contributed by atoms with Crippen LogP contribution < -0.4 is 0 Å². The summed E-state index contributed by atoms with van der Waals surface area (Å²) in [5.74, 6) is 0.869. The molecule has 0 spiro atoms. The van der Waals surface area contributed by atoms with Crippen molar-refractivity contribution in [1.82, 2.24) is 0 Å². The molecule has 0 amide bonds. The Morgan fingerprint density at radius 2 is 1.37 bits per heavy atom. The quantitative estimate of drug-likeness (QED) is 0.224. The minimum Gasteiger partial charge on any atom is -0.121 e. The molecule has 0 aromatic heterocycles. The third kappa shape index (κ3) is 4.00. The summed E-state index contributed by atoms with van der Waals surface area (Å²) < 4.78 is 1.29. The number of hydrogen-bond donors (Lipinski definition) is 0. The van der Waals surface area contributed by atoms with E-state index < -0.39 is 0 Å². The molecule has 0 nitrogen and oxygen atoms in total. The Morgan fingerprint density at radius 3 is 1.93 bits per heavy atom. The van der Waals surface area contributed by atoms with Crippen molar-refractivity contribution in [3.8, 4) is 0 Å². The summed E-state index contributed by atoms with van der Waals surface area (Å²) in [4.78, 5) is 0. The fourth-order valence-corrected chi connectivity index (χ4v) is 6.87. The van der Waals surface area contributed by atoms with Crippen LogP contribution in [0.25, 0.3) is 0 Å². The maximum Gasteiger partial charge on any atom is 0.0440 e. The molecule has 0 bridgehead atoms. The lowest BCUT2D eigenvalue weighted by molar-refractivity contribution is 0.187. The van der Waals surface area contributed by atoms with Crippen LogP contribution in [0.15, 0.2) is 84.9 Å². The van der Waals surface area contributed by atoms with Crippen molar-refractivity contribution in [2.75, 3.05) is 0 Å². The van der Waals surface area contributed by atoms with E-state index in [9.17, 15) is 0 Å². The Morgan fingerprint density at radius 1 is 0.833 bits per heavy atom. The highest BCUT2D eigenvalue weighted by Gasteiger charge is 2.52. The van der Waals surface area contributed by atoms with Crippen molar-refractivity contribution in [3.05, 3.63) is 105 Å². The first-order valence-electron chi connectivity index (χ1n) is 11.3. The highest BCUT2D eigenvalue weighted by Crippen LogP contribution is 2.60. The van der Waals surface area contributed by atoms with Crippen molar-refractivity contribution < 1.29 is 0 Å². The van der Waals surface area contributed by atoms with Gasteiger partial charge >= 0.3 is 0 Å². The van der Waals surface area contributed by atoms with Gasteiger partial charge in [0.15, 0.2) is 0 Å². The first-order chi connectivity index (χ1) is 14.6. The van der Waals surface area contributed by atoms with Crippen LogP contribution in [-0.2, 0) is 10.6 Å². The van der Waals surface area contributed by atoms with Crippen LogP contribution in [0.2, 0.25) is 0 Å². The Kier molecular flexibility index (Phi) is 7.00. The average Bonchev–Trinajstić information content (AvgIpc) is 2.81. The summed E-state index contributed by atoms with van der Waals surface area (Å²) >= 11 is 2.41. The van der Waals surface area contributed by atoms with Crippen molar-refractivity contribution in [2.45, 2.75) is 56.0 Å². The molecule has 4 rings (SSSR count). The van der Waals surface area contributed by atoms with E-state index in [1.807, 2.05) is 0 Å². The Labute approximate surface area is 198 Å². The van der Waals surface area contributed by atoms with Gasteiger partial charge in [0.25, 0.3) is 0 Å². The van der Waals surface area contributed by atoms with Gasteiger partial charge in [0, 0.05) is 14.1 Å². The Balaban J connectivity index is 1.92. The highest BCUT2D eigenvalue weighted by atomic mass is 127. The third-order valence-corrected chi connectivity index (χ3v) is 9.20. The second kappa shape index (κ2) is 9.53. The minimum atomic E-state index is -0.156. The second-order valence-electron chi connectivity index (χ2n) is 8.86. The molecule has 30 heavy (non-hydrogen) atoms. The predicted molar refractivity (Wildman–Crippen MR) is 141 cm³/mol. The zero-order valence-electron chi connectivity index (χ0n) is 17.9. The van der Waals surface area contributed by atoms with Gasteiger partial charge in [0.05, 0.1) is 0 Å². The van der Waals surface area contributed by atoms with E-state index in [0.29, 0.717) is 0 Å². The summed E-state index contributed by atoms with van der Waals surface area (Å²) in [6.45, 7) is 2.33. The lowest BCUT2D eigenvalue weighted by Gasteiger charge is -2.53. The van der Waals surface area contributed by atoms with Gasteiger partial charge in [0.2, 0.25) is 0 Å². The van der Waals surface area contributed by atoms with Crippen molar-refractivity contribution in [1.29, 1.82) is 0 Å². The molecule has 3 aromatic rings. The van der Waals surface area contributed by atoms with E-state index in [4.69, 9.17) is 0 Å². The molecular formula is C28H32IP. The Hall–Kier alpha value is -1.18. The number of halogens is 1. The lowest BCUT2D eigenvalue weighted by Crippen LogP contribution is -2.48. The molecule has 0 saturated heterocycles. The Bertz CT molecular complexity index is 927. The molecule has 2 atom stereocenters. The topological polar surface area (TPSA) is 0 Å². The molecule has 0 heterocycles. The summed E-state index contributed by atoms with van der Waals surface area (Å²) in [5, 5.41) is -0.156. The van der Waals surface area contributed by atoms with E-state index in [0.717, 1.165) is 5.92 Å². The fourth-order valence-electron chi connectivity index (χ4n) is 5.67. The molecule has 1 saturated carbocycles. The molecule has 1 aliphatic rings. The summed E-state index contributed by atoms with van der Waals surface area (Å²) in [5.41, 5.74) is 4.35. The van der Waals surface area contributed by atoms with Crippen molar-refractivity contribution in [3.63, 3.8) is 0 Å². The third-order valence-electron chi connectivity index (χ3n) is 7.27. The number of hydrogen-bond acceptors (Lipinski definition) is 0. The van der Waals surface area contributed by atoms with Crippen LogP contribution in [0.3, 0.4) is 0 Å². The van der Waals surface area contributed by atoms with Crippen molar-refractivity contribution >= 4 is 31.8 Å². The summed E-state index contributed by atoms with van der Waals surface area (Å²) in [6.07, 6.45) is 7.75. The molecule has 3 aromatic carbocycles. The molecule has 0 radical (unpaired) electrons. The molecule has 0 N–H and O–H groups in total. The number of rotatable bonds is 6. The molecule has 156 valence electrons. The summed E-state index contributed by atoms with van der Waals surface area (Å²) in [7, 11) is 3.37. The first kappa shape index (κ1) is 22.0. The lowest BCUT2D eigenvalue weighted by atomic mass is 9.56. The molecule has 1 fully saturated rings. The minimum absolute atomic E-state index is 0.0668. The van der Waals surface area contributed by atoms with Crippen LogP contribution >= 0.6 is 31.8 Å². The maximum atomic E-state index is 3.37. The zero-order valence-corrected chi connectivity index (χ0v) is 21.2. The smallest absolute Gasteiger partial charge is 0.0440 e. The second-order valence-corrected chi connectivity index (χ2v) is 11.0. The molecular weight excluding hydrogens is 494 g/mol. The zero-order chi connectivity index (χ0) is 21.0.